The molecule has 1 amide bonds. The van der Waals surface area contributed by atoms with E-state index in [0.717, 1.165) is 53.9 Å². The van der Waals surface area contributed by atoms with Gasteiger partial charge in [-0.25, -0.2) is 9.37 Å². The molecule has 0 saturated heterocycles. The van der Waals surface area contributed by atoms with E-state index in [9.17, 15) is 14.9 Å². The molecule has 13 heteroatoms. The number of carbonyl (C=O) groups is 2. The lowest BCUT2D eigenvalue weighted by atomic mass is 9.92. The molecule has 2 aliphatic carbocycles. The zero-order chi connectivity index (χ0) is 36.7. The van der Waals surface area contributed by atoms with Crippen LogP contribution in [0.5, 0.6) is 11.5 Å². The Kier molecular flexibility index (Phi) is 9.94. The Morgan fingerprint density at radius 3 is 2.62 bits per heavy atom. The minimum absolute atomic E-state index is 0.105. The van der Waals surface area contributed by atoms with E-state index in [1.54, 1.807) is 6.07 Å². The van der Waals surface area contributed by atoms with Crippen molar-refractivity contribution in [3.8, 4) is 28.7 Å². The Bertz CT molecular complexity index is 2110. The van der Waals surface area contributed by atoms with Crippen LogP contribution in [0.25, 0.3) is 11.1 Å². The van der Waals surface area contributed by atoms with E-state index in [2.05, 4.69) is 35.6 Å². The predicted molar refractivity (Wildman–Crippen MR) is 192 cm³/mol. The number of aromatic nitrogens is 2. The number of amides is 1. The third kappa shape index (κ3) is 6.72. The fraction of sp³-hybridized carbons (Fsp3) is 0.385. The number of anilines is 1. The highest BCUT2D eigenvalue weighted by Crippen LogP contribution is 2.45. The Morgan fingerprint density at radius 2 is 1.88 bits per heavy atom. The highest BCUT2D eigenvalue weighted by Gasteiger charge is 2.33. The first-order chi connectivity index (χ1) is 25.1. The number of imidazole rings is 1. The van der Waals surface area contributed by atoms with Crippen molar-refractivity contribution in [1.29, 1.82) is 5.26 Å². The summed E-state index contributed by atoms with van der Waals surface area (Å²) in [4.78, 5) is 37.6. The predicted octanol–water partition coefficient (Wildman–Crippen LogP) is 6.80. The van der Waals surface area contributed by atoms with Crippen LogP contribution in [-0.4, -0.2) is 46.0 Å². The van der Waals surface area contributed by atoms with Gasteiger partial charge in [0, 0.05) is 55.5 Å². The van der Waals surface area contributed by atoms with Crippen LogP contribution in [0.3, 0.4) is 0 Å². The Hall–Kier alpha value is -4.96. The monoisotopic (exact) mass is 726 g/mol. The van der Waals surface area contributed by atoms with Crippen molar-refractivity contribution in [3.63, 3.8) is 0 Å². The molecule has 4 aromatic rings. The van der Waals surface area contributed by atoms with Gasteiger partial charge in [0.15, 0.2) is 11.6 Å². The number of carbonyl (C=O) groups excluding carboxylic acids is 2. The average Bonchev–Trinajstić information content (AvgIpc) is 3.84. The van der Waals surface area contributed by atoms with Crippen molar-refractivity contribution in [2.24, 2.45) is 13.0 Å². The number of hydrogen-bond donors (Lipinski definition) is 2. The summed E-state index contributed by atoms with van der Waals surface area (Å²) in [5, 5.41) is 13.1. The number of hydrogen-bond acceptors (Lipinski definition) is 9. The summed E-state index contributed by atoms with van der Waals surface area (Å²) in [6.07, 6.45) is 3.16. The molecule has 1 atom stereocenters. The second-order valence-corrected chi connectivity index (χ2v) is 14.1. The summed E-state index contributed by atoms with van der Waals surface area (Å²) >= 11 is 6.49. The first-order valence-corrected chi connectivity index (χ1v) is 17.9. The number of methoxy groups -OCH3 is 1. The Labute approximate surface area is 306 Å². The molecule has 52 heavy (non-hydrogen) atoms. The van der Waals surface area contributed by atoms with E-state index >= 15 is 4.39 Å². The van der Waals surface area contributed by atoms with E-state index in [1.165, 1.54) is 13.2 Å². The number of hydroxylamine groups is 1. The first-order valence-electron chi connectivity index (χ1n) is 17.5. The van der Waals surface area contributed by atoms with Gasteiger partial charge < -0.3 is 24.2 Å². The van der Waals surface area contributed by atoms with E-state index in [-0.39, 0.29) is 46.4 Å². The highest BCUT2D eigenvalue weighted by molar-refractivity contribution is 6.32. The van der Waals surface area contributed by atoms with Crippen LogP contribution in [0.1, 0.15) is 83.5 Å². The summed E-state index contributed by atoms with van der Waals surface area (Å²) in [5.41, 5.74) is 8.70. The number of nitrogens with zero attached hydrogens (tertiary/aromatic N) is 4. The summed E-state index contributed by atoms with van der Waals surface area (Å²) in [7, 11) is 3.27. The van der Waals surface area contributed by atoms with Crippen LogP contribution in [0.4, 0.5) is 10.1 Å². The molecule has 7 rings (SSSR count). The van der Waals surface area contributed by atoms with Gasteiger partial charge in [0.25, 0.3) is 5.91 Å². The molecular formula is C39H40ClFN6O5. The standard InChI is InChI=1S/C39H40ClFN6O5/c1-21(2)47-16-15-31-30(20-47)44-37(46(31)3)38(48)45-29-10-6-8-24(27(29)18-42)23-7-5-9-26-25(23)13-14-32(26)51-34-17-33(50-4)28(36(41)35(34)40)19-43-52-39(49)22-11-12-22/h5-10,17,21-22,32,43H,11-16,19-20H2,1-4H3,(H,45,48). The molecular weight excluding hydrogens is 687 g/mol. The molecule has 1 aliphatic heterocycles. The molecule has 2 N–H and O–H groups in total. The van der Waals surface area contributed by atoms with E-state index in [4.69, 9.17) is 30.9 Å². The lowest BCUT2D eigenvalue weighted by Gasteiger charge is -2.29. The van der Waals surface area contributed by atoms with Crippen molar-refractivity contribution in [3.05, 3.63) is 92.8 Å². The zero-order valence-corrected chi connectivity index (χ0v) is 30.3. The number of benzene rings is 3. The van der Waals surface area contributed by atoms with Gasteiger partial charge in [0.05, 0.1) is 36.5 Å². The van der Waals surface area contributed by atoms with Crippen LogP contribution >= 0.6 is 11.6 Å². The molecule has 1 fully saturated rings. The maximum absolute atomic E-state index is 15.6. The normalized spacial score (nSPS) is 16.6. The number of halogens is 2. The molecule has 1 saturated carbocycles. The minimum Gasteiger partial charge on any atom is -0.496 e. The van der Waals surface area contributed by atoms with Gasteiger partial charge in [-0.1, -0.05) is 41.9 Å². The summed E-state index contributed by atoms with van der Waals surface area (Å²) < 4.78 is 29.2. The highest BCUT2D eigenvalue weighted by atomic mass is 35.5. The third-order valence-corrected chi connectivity index (χ3v) is 10.6. The SMILES string of the molecule is COc1cc(OC2CCc3c(-c4cccc(NC(=O)c5nc6c(n5C)CCN(C(C)C)C6)c4C#N)cccc32)c(Cl)c(F)c1CNOC(=O)C1CC1. The van der Waals surface area contributed by atoms with Gasteiger partial charge >= 0.3 is 5.97 Å². The van der Waals surface area contributed by atoms with Crippen molar-refractivity contribution in [2.75, 3.05) is 19.0 Å². The molecule has 270 valence electrons. The Balaban J connectivity index is 1.11. The molecule has 11 nitrogen and oxygen atoms in total. The number of rotatable bonds is 11. The Morgan fingerprint density at radius 1 is 1.12 bits per heavy atom. The van der Waals surface area contributed by atoms with Gasteiger partial charge in [-0.2, -0.15) is 5.26 Å². The molecule has 0 radical (unpaired) electrons. The number of fused-ring (bicyclic) bond motifs is 2. The molecule has 3 aromatic carbocycles. The first kappa shape index (κ1) is 35.4. The van der Waals surface area contributed by atoms with Crippen molar-refractivity contribution in [1.82, 2.24) is 19.9 Å². The van der Waals surface area contributed by atoms with Crippen LogP contribution in [0.2, 0.25) is 5.02 Å². The fourth-order valence-electron chi connectivity index (χ4n) is 7.15. The molecule has 0 bridgehead atoms. The van der Waals surface area contributed by atoms with E-state index in [0.29, 0.717) is 48.1 Å². The zero-order valence-electron chi connectivity index (χ0n) is 29.5. The van der Waals surface area contributed by atoms with Crippen molar-refractivity contribution in [2.45, 2.75) is 71.2 Å². The lowest BCUT2D eigenvalue weighted by molar-refractivity contribution is -0.153. The van der Waals surface area contributed by atoms with Gasteiger partial charge in [-0.3, -0.25) is 14.5 Å². The second-order valence-electron chi connectivity index (χ2n) is 13.7. The lowest BCUT2D eigenvalue weighted by Crippen LogP contribution is -2.36. The topological polar surface area (TPSA) is 131 Å². The second kappa shape index (κ2) is 14.6. The van der Waals surface area contributed by atoms with Gasteiger partial charge in [-0.05, 0) is 62.3 Å². The minimum atomic E-state index is -0.737. The number of nitriles is 1. The number of ether oxygens (including phenoxy) is 2. The van der Waals surface area contributed by atoms with Crippen LogP contribution in [-0.2, 0) is 42.6 Å². The van der Waals surface area contributed by atoms with Gasteiger partial charge in [0.2, 0.25) is 0 Å². The molecule has 2 heterocycles. The average molecular weight is 727 g/mol. The fourth-order valence-corrected chi connectivity index (χ4v) is 7.36. The number of nitrogens with one attached hydrogen (secondary N) is 2. The summed E-state index contributed by atoms with van der Waals surface area (Å²) in [5.74, 6) is -0.980. The van der Waals surface area contributed by atoms with Gasteiger partial charge in [-0.15, -0.1) is 5.48 Å². The quantitative estimate of drug-likeness (QED) is 0.160. The smallest absolute Gasteiger partial charge is 0.327 e. The molecule has 1 unspecified atom stereocenters. The van der Waals surface area contributed by atoms with Crippen molar-refractivity contribution >= 4 is 29.2 Å². The van der Waals surface area contributed by atoms with E-state index in [1.807, 2.05) is 41.9 Å². The molecule has 0 spiro atoms. The third-order valence-electron chi connectivity index (χ3n) is 10.2. The van der Waals surface area contributed by atoms with Crippen LogP contribution < -0.4 is 20.3 Å². The summed E-state index contributed by atoms with van der Waals surface area (Å²) in [6, 6.07) is 15.4. The van der Waals surface area contributed by atoms with Crippen LogP contribution in [0.15, 0.2) is 42.5 Å². The molecule has 3 aliphatic rings. The van der Waals surface area contributed by atoms with Crippen LogP contribution in [0, 0.1) is 23.1 Å². The maximum atomic E-state index is 15.6. The van der Waals surface area contributed by atoms with Gasteiger partial charge in [0.1, 0.15) is 28.7 Å². The van der Waals surface area contributed by atoms with E-state index < -0.39 is 11.9 Å². The largest absolute Gasteiger partial charge is 0.496 e. The molecule has 1 aromatic heterocycles. The maximum Gasteiger partial charge on any atom is 0.327 e. The van der Waals surface area contributed by atoms with Crippen molar-refractivity contribution < 1.29 is 28.3 Å². The summed E-state index contributed by atoms with van der Waals surface area (Å²) in [6.45, 7) is 5.76.